The second-order valence-corrected chi connectivity index (χ2v) is 8.63. The van der Waals surface area contributed by atoms with Crippen LogP contribution in [0.15, 0.2) is 53.4 Å². The molecule has 0 aromatic heterocycles. The molecule has 1 aliphatic rings. The Morgan fingerprint density at radius 3 is 2.39 bits per heavy atom. The topological polar surface area (TPSA) is 75.7 Å². The van der Waals surface area contributed by atoms with Crippen molar-refractivity contribution in [1.29, 1.82) is 0 Å². The van der Waals surface area contributed by atoms with Gasteiger partial charge in [-0.25, -0.2) is 8.42 Å². The Labute approximate surface area is 166 Å². The van der Waals surface area contributed by atoms with Crippen LogP contribution in [-0.4, -0.2) is 34.1 Å². The van der Waals surface area contributed by atoms with Crippen LogP contribution in [-0.2, 0) is 19.6 Å². The third-order valence-corrected chi connectivity index (χ3v) is 6.32. The van der Waals surface area contributed by atoms with Crippen LogP contribution in [0.1, 0.15) is 25.3 Å². The molecule has 2 aromatic rings. The van der Waals surface area contributed by atoms with Crippen molar-refractivity contribution >= 4 is 27.4 Å². The molecular formula is C21H26N2O4S. The van der Waals surface area contributed by atoms with Crippen LogP contribution in [0.5, 0.6) is 0 Å². The Kier molecular flexibility index (Phi) is 6.24. The number of anilines is 2. The Hall–Kier alpha value is -2.54. The lowest BCUT2D eigenvalue weighted by Gasteiger charge is -2.33. The van der Waals surface area contributed by atoms with Gasteiger partial charge >= 0.3 is 5.97 Å². The molecule has 1 aliphatic heterocycles. The minimum atomic E-state index is -3.67. The number of nitrogens with one attached hydrogen (secondary N) is 1. The second-order valence-electron chi connectivity index (χ2n) is 6.95. The number of carbonyl (C=O) groups is 1. The van der Waals surface area contributed by atoms with E-state index in [2.05, 4.69) is 9.62 Å². The van der Waals surface area contributed by atoms with Crippen molar-refractivity contribution in [2.24, 2.45) is 5.92 Å². The fourth-order valence-electron chi connectivity index (χ4n) is 3.37. The molecule has 0 radical (unpaired) electrons. The minimum absolute atomic E-state index is 0.0902. The van der Waals surface area contributed by atoms with E-state index >= 15 is 0 Å². The van der Waals surface area contributed by atoms with Gasteiger partial charge < -0.3 is 9.64 Å². The van der Waals surface area contributed by atoms with Crippen molar-refractivity contribution < 1.29 is 17.9 Å². The highest BCUT2D eigenvalue weighted by atomic mass is 32.2. The summed E-state index contributed by atoms with van der Waals surface area (Å²) in [5.41, 5.74) is 2.36. The molecule has 3 rings (SSSR count). The van der Waals surface area contributed by atoms with Gasteiger partial charge in [0.25, 0.3) is 10.0 Å². The van der Waals surface area contributed by atoms with Crippen molar-refractivity contribution in [3.8, 4) is 0 Å². The standard InChI is InChI=1S/C21H26N2O4S/c1-3-27-21(24)17-12-14-23(15-13-17)20-7-5-4-6-19(20)22-28(25,26)18-10-8-16(2)9-11-18/h4-11,17,22H,3,12-15H2,1-2H3. The van der Waals surface area contributed by atoms with E-state index in [1.165, 1.54) is 0 Å². The number of para-hydroxylation sites is 2. The van der Waals surface area contributed by atoms with Gasteiger partial charge in [-0.15, -0.1) is 0 Å². The van der Waals surface area contributed by atoms with Gasteiger partial charge in [-0.2, -0.15) is 0 Å². The van der Waals surface area contributed by atoms with Crippen LogP contribution in [0.3, 0.4) is 0 Å². The predicted molar refractivity (Wildman–Crippen MR) is 110 cm³/mol. The quantitative estimate of drug-likeness (QED) is 0.748. The van der Waals surface area contributed by atoms with E-state index in [0.29, 0.717) is 38.2 Å². The number of rotatable bonds is 6. The normalized spacial score (nSPS) is 15.3. The van der Waals surface area contributed by atoms with E-state index < -0.39 is 10.0 Å². The number of hydrogen-bond donors (Lipinski definition) is 1. The van der Waals surface area contributed by atoms with E-state index in [4.69, 9.17) is 4.74 Å². The summed E-state index contributed by atoms with van der Waals surface area (Å²) in [6, 6.07) is 14.1. The highest BCUT2D eigenvalue weighted by molar-refractivity contribution is 7.92. The lowest BCUT2D eigenvalue weighted by Crippen LogP contribution is -2.37. The average molecular weight is 403 g/mol. The van der Waals surface area contributed by atoms with E-state index in [-0.39, 0.29) is 16.8 Å². The zero-order valence-electron chi connectivity index (χ0n) is 16.2. The van der Waals surface area contributed by atoms with Gasteiger partial charge in [0.2, 0.25) is 0 Å². The molecular weight excluding hydrogens is 376 g/mol. The number of ether oxygens (including phenoxy) is 1. The van der Waals surface area contributed by atoms with Crippen LogP contribution in [0, 0.1) is 12.8 Å². The Morgan fingerprint density at radius 2 is 1.75 bits per heavy atom. The molecule has 7 heteroatoms. The van der Waals surface area contributed by atoms with Crippen molar-refractivity contribution in [1.82, 2.24) is 0 Å². The molecule has 0 atom stereocenters. The lowest BCUT2D eigenvalue weighted by molar-refractivity contribution is -0.148. The number of piperidine rings is 1. The maximum atomic E-state index is 12.8. The zero-order valence-corrected chi connectivity index (χ0v) is 17.0. The third-order valence-electron chi connectivity index (χ3n) is 4.94. The summed E-state index contributed by atoms with van der Waals surface area (Å²) in [6.07, 6.45) is 1.38. The Morgan fingerprint density at radius 1 is 1.11 bits per heavy atom. The molecule has 0 spiro atoms. The van der Waals surface area contributed by atoms with E-state index in [1.54, 1.807) is 30.3 Å². The zero-order chi connectivity index (χ0) is 20.1. The molecule has 1 N–H and O–H groups in total. The van der Waals surface area contributed by atoms with E-state index in [9.17, 15) is 13.2 Å². The monoisotopic (exact) mass is 402 g/mol. The molecule has 1 fully saturated rings. The fraction of sp³-hybridized carbons (Fsp3) is 0.381. The number of sulfonamides is 1. The Balaban J connectivity index is 1.75. The lowest BCUT2D eigenvalue weighted by atomic mass is 9.96. The predicted octanol–water partition coefficient (Wildman–Crippen LogP) is 3.58. The summed E-state index contributed by atoms with van der Waals surface area (Å²) in [4.78, 5) is 14.3. The first kappa shape index (κ1) is 20.2. The summed E-state index contributed by atoms with van der Waals surface area (Å²) < 4.78 is 33.4. The first-order chi connectivity index (χ1) is 13.4. The number of hydrogen-bond acceptors (Lipinski definition) is 5. The molecule has 28 heavy (non-hydrogen) atoms. The van der Waals surface area contributed by atoms with Crippen LogP contribution in [0.2, 0.25) is 0 Å². The largest absolute Gasteiger partial charge is 0.466 e. The van der Waals surface area contributed by atoms with Crippen molar-refractivity contribution in [3.05, 3.63) is 54.1 Å². The molecule has 0 aliphatic carbocycles. The van der Waals surface area contributed by atoms with Gasteiger partial charge in [-0.05, 0) is 51.0 Å². The summed E-state index contributed by atoms with van der Waals surface area (Å²) in [5.74, 6) is -0.233. The average Bonchev–Trinajstić information content (AvgIpc) is 2.69. The van der Waals surface area contributed by atoms with E-state index in [1.807, 2.05) is 32.0 Å². The summed E-state index contributed by atoms with van der Waals surface area (Å²) in [5, 5.41) is 0. The molecule has 2 aromatic carbocycles. The molecule has 0 unspecified atom stereocenters. The molecule has 0 amide bonds. The number of benzene rings is 2. The highest BCUT2D eigenvalue weighted by Gasteiger charge is 2.27. The van der Waals surface area contributed by atoms with Crippen LogP contribution >= 0.6 is 0 Å². The summed E-state index contributed by atoms with van der Waals surface area (Å²) in [6.45, 7) is 5.46. The molecule has 150 valence electrons. The summed E-state index contributed by atoms with van der Waals surface area (Å²) in [7, 11) is -3.67. The van der Waals surface area contributed by atoms with Crippen molar-refractivity contribution in [2.75, 3.05) is 29.3 Å². The highest BCUT2D eigenvalue weighted by Crippen LogP contribution is 2.31. The van der Waals surface area contributed by atoms with Gasteiger partial charge in [0.15, 0.2) is 0 Å². The van der Waals surface area contributed by atoms with Crippen LogP contribution in [0.25, 0.3) is 0 Å². The van der Waals surface area contributed by atoms with Crippen LogP contribution in [0.4, 0.5) is 11.4 Å². The molecule has 1 saturated heterocycles. The first-order valence-corrected chi connectivity index (χ1v) is 11.0. The first-order valence-electron chi connectivity index (χ1n) is 9.51. The second kappa shape index (κ2) is 8.65. The van der Waals surface area contributed by atoms with Gasteiger partial charge in [-0.1, -0.05) is 29.8 Å². The minimum Gasteiger partial charge on any atom is -0.466 e. The number of nitrogens with zero attached hydrogens (tertiary/aromatic N) is 1. The van der Waals surface area contributed by atoms with E-state index in [0.717, 1.165) is 11.3 Å². The van der Waals surface area contributed by atoms with Gasteiger partial charge in [0.05, 0.1) is 28.8 Å². The maximum absolute atomic E-state index is 12.8. The summed E-state index contributed by atoms with van der Waals surface area (Å²) >= 11 is 0. The Bertz CT molecular complexity index is 918. The van der Waals surface area contributed by atoms with Crippen molar-refractivity contribution in [2.45, 2.75) is 31.6 Å². The fourth-order valence-corrected chi connectivity index (χ4v) is 4.45. The number of aryl methyl sites for hydroxylation is 1. The van der Waals surface area contributed by atoms with Crippen molar-refractivity contribution in [3.63, 3.8) is 0 Å². The smallest absolute Gasteiger partial charge is 0.309 e. The maximum Gasteiger partial charge on any atom is 0.309 e. The molecule has 0 saturated carbocycles. The van der Waals surface area contributed by atoms with Gasteiger partial charge in [0, 0.05) is 13.1 Å². The molecule has 1 heterocycles. The molecule has 6 nitrogen and oxygen atoms in total. The van der Waals surface area contributed by atoms with Gasteiger partial charge in [0.1, 0.15) is 0 Å². The number of carbonyl (C=O) groups excluding carboxylic acids is 1. The SMILES string of the molecule is CCOC(=O)C1CCN(c2ccccc2NS(=O)(=O)c2ccc(C)cc2)CC1. The van der Waals surface area contributed by atoms with Gasteiger partial charge in [-0.3, -0.25) is 9.52 Å². The third kappa shape index (κ3) is 4.65. The van der Waals surface area contributed by atoms with Crippen LogP contribution < -0.4 is 9.62 Å². The molecule has 0 bridgehead atoms. The number of esters is 1.